The van der Waals surface area contributed by atoms with Gasteiger partial charge in [-0.15, -0.1) is 0 Å². The first kappa shape index (κ1) is 16.0. The number of nitrogens with one attached hydrogen (secondary N) is 1. The van der Waals surface area contributed by atoms with Gasteiger partial charge in [0.1, 0.15) is 5.58 Å². The average Bonchev–Trinajstić information content (AvgIpc) is 3.06. The molecule has 0 saturated carbocycles. The van der Waals surface area contributed by atoms with E-state index < -0.39 is 0 Å². The molecule has 0 radical (unpaired) electrons. The van der Waals surface area contributed by atoms with Gasteiger partial charge in [-0.05, 0) is 36.4 Å². The summed E-state index contributed by atoms with van der Waals surface area (Å²) in [6.07, 6.45) is 0. The first-order valence-electron chi connectivity index (χ1n) is 8.13. The number of hydrogen-bond acceptors (Lipinski definition) is 4. The van der Waals surface area contributed by atoms with Crippen LogP contribution in [0.3, 0.4) is 0 Å². The highest BCUT2D eigenvalue weighted by Crippen LogP contribution is 2.28. The molecule has 1 aromatic heterocycles. The maximum Gasteiger partial charge on any atom is 0.291 e. The summed E-state index contributed by atoms with van der Waals surface area (Å²) in [5.74, 6) is -0.0259. The smallest absolute Gasteiger partial charge is 0.291 e. The number of anilines is 2. The van der Waals surface area contributed by atoms with Crippen LogP contribution in [-0.4, -0.2) is 32.2 Å². The molecule has 1 aliphatic rings. The molecule has 1 N–H and O–H groups in total. The van der Waals surface area contributed by atoms with Crippen molar-refractivity contribution >= 4 is 39.9 Å². The molecule has 3 aromatic rings. The molecule has 2 heterocycles. The summed E-state index contributed by atoms with van der Waals surface area (Å²) in [6.45, 7) is 2.98. The number of furan rings is 1. The number of carbonyl (C=O) groups excluding carboxylic acids is 1. The van der Waals surface area contributed by atoms with Crippen molar-refractivity contribution < 1.29 is 13.9 Å². The van der Waals surface area contributed by atoms with Gasteiger partial charge in [0.05, 0.1) is 24.6 Å². The Hall–Kier alpha value is -2.50. The van der Waals surface area contributed by atoms with Gasteiger partial charge in [-0.25, -0.2) is 0 Å². The number of halogens is 1. The number of rotatable bonds is 3. The molecule has 0 spiro atoms. The van der Waals surface area contributed by atoms with Gasteiger partial charge in [0.15, 0.2) is 5.76 Å². The molecule has 25 heavy (non-hydrogen) atoms. The fourth-order valence-corrected chi connectivity index (χ4v) is 3.15. The Labute approximate surface area is 150 Å². The van der Waals surface area contributed by atoms with E-state index in [1.165, 1.54) is 0 Å². The third kappa shape index (κ3) is 3.34. The predicted molar refractivity (Wildman–Crippen MR) is 98.7 cm³/mol. The highest BCUT2D eigenvalue weighted by Gasteiger charge is 2.18. The van der Waals surface area contributed by atoms with Gasteiger partial charge >= 0.3 is 0 Å². The molecule has 128 valence electrons. The van der Waals surface area contributed by atoms with Gasteiger partial charge in [-0.2, -0.15) is 0 Å². The molecule has 0 bridgehead atoms. The van der Waals surface area contributed by atoms with Gasteiger partial charge in [0.25, 0.3) is 5.91 Å². The lowest BCUT2D eigenvalue weighted by Crippen LogP contribution is -2.36. The van der Waals surface area contributed by atoms with E-state index in [-0.39, 0.29) is 11.7 Å². The van der Waals surface area contributed by atoms with E-state index in [2.05, 4.69) is 10.2 Å². The van der Waals surface area contributed by atoms with Crippen LogP contribution in [0.5, 0.6) is 0 Å². The van der Waals surface area contributed by atoms with Crippen LogP contribution in [0.4, 0.5) is 11.4 Å². The van der Waals surface area contributed by atoms with Crippen LogP contribution in [0.15, 0.2) is 52.9 Å². The lowest BCUT2D eigenvalue weighted by molar-refractivity contribution is 0.0998. The second-order valence-electron chi connectivity index (χ2n) is 5.86. The van der Waals surface area contributed by atoms with Crippen LogP contribution < -0.4 is 10.2 Å². The molecule has 1 amide bonds. The number of ether oxygens (including phenoxy) is 1. The molecule has 1 fully saturated rings. The van der Waals surface area contributed by atoms with E-state index in [1.54, 1.807) is 24.3 Å². The third-order valence-electron chi connectivity index (χ3n) is 4.21. The molecular formula is C19H17ClN2O3. The van der Waals surface area contributed by atoms with Gasteiger partial charge in [-0.3, -0.25) is 4.79 Å². The monoisotopic (exact) mass is 356 g/mol. The second-order valence-corrected chi connectivity index (χ2v) is 6.30. The van der Waals surface area contributed by atoms with Crippen molar-refractivity contribution in [2.75, 3.05) is 36.5 Å². The standard InChI is InChI=1S/C19H17ClN2O3/c20-14-5-6-17-13(11-14)12-18(25-17)19(23)21-15-3-1-2-4-16(15)22-7-9-24-10-8-22/h1-6,11-12H,7-10H2,(H,21,23). The maximum absolute atomic E-state index is 12.6. The fourth-order valence-electron chi connectivity index (χ4n) is 2.97. The number of carbonyl (C=O) groups is 1. The topological polar surface area (TPSA) is 54.7 Å². The minimum absolute atomic E-state index is 0.258. The Morgan fingerprint density at radius 3 is 2.72 bits per heavy atom. The SMILES string of the molecule is O=C(Nc1ccccc1N1CCOCC1)c1cc2cc(Cl)ccc2o1. The number of fused-ring (bicyclic) bond motifs is 1. The zero-order valence-corrected chi connectivity index (χ0v) is 14.3. The quantitative estimate of drug-likeness (QED) is 0.765. The summed E-state index contributed by atoms with van der Waals surface area (Å²) in [6, 6.07) is 14.7. The molecule has 4 rings (SSSR count). The van der Waals surface area contributed by atoms with Crippen LogP contribution >= 0.6 is 11.6 Å². The average molecular weight is 357 g/mol. The molecule has 0 atom stereocenters. The highest BCUT2D eigenvalue weighted by molar-refractivity contribution is 6.31. The van der Waals surface area contributed by atoms with Crippen molar-refractivity contribution in [3.05, 3.63) is 59.3 Å². The molecule has 5 nitrogen and oxygen atoms in total. The zero-order chi connectivity index (χ0) is 17.2. The molecule has 0 unspecified atom stereocenters. The van der Waals surface area contributed by atoms with Crippen LogP contribution in [0.25, 0.3) is 11.0 Å². The minimum atomic E-state index is -0.284. The Morgan fingerprint density at radius 1 is 1.08 bits per heavy atom. The second kappa shape index (κ2) is 6.78. The number of amides is 1. The highest BCUT2D eigenvalue weighted by atomic mass is 35.5. The van der Waals surface area contributed by atoms with Gasteiger partial charge in [0, 0.05) is 23.5 Å². The summed E-state index contributed by atoms with van der Waals surface area (Å²) in [7, 11) is 0. The number of para-hydroxylation sites is 2. The molecule has 6 heteroatoms. The summed E-state index contributed by atoms with van der Waals surface area (Å²) in [5, 5.41) is 4.37. The van der Waals surface area contributed by atoms with Crippen molar-refractivity contribution in [2.24, 2.45) is 0 Å². The lowest BCUT2D eigenvalue weighted by Gasteiger charge is -2.30. The Morgan fingerprint density at radius 2 is 1.88 bits per heavy atom. The van der Waals surface area contributed by atoms with E-state index >= 15 is 0 Å². The number of hydrogen-bond donors (Lipinski definition) is 1. The number of benzene rings is 2. The van der Waals surface area contributed by atoms with Gasteiger partial charge in [-0.1, -0.05) is 23.7 Å². The van der Waals surface area contributed by atoms with Crippen molar-refractivity contribution in [2.45, 2.75) is 0 Å². The third-order valence-corrected chi connectivity index (χ3v) is 4.44. The lowest BCUT2D eigenvalue weighted by atomic mass is 10.2. The van der Waals surface area contributed by atoms with Crippen LogP contribution in [0, 0.1) is 0 Å². The van der Waals surface area contributed by atoms with E-state index in [4.69, 9.17) is 20.8 Å². The Kier molecular flexibility index (Phi) is 4.34. The fraction of sp³-hybridized carbons (Fsp3) is 0.211. The Balaban J connectivity index is 1.59. The zero-order valence-electron chi connectivity index (χ0n) is 13.5. The van der Waals surface area contributed by atoms with Crippen LogP contribution in [-0.2, 0) is 4.74 Å². The van der Waals surface area contributed by atoms with Crippen molar-refractivity contribution in [1.82, 2.24) is 0 Å². The largest absolute Gasteiger partial charge is 0.451 e. The van der Waals surface area contributed by atoms with E-state index in [0.29, 0.717) is 23.8 Å². The summed E-state index contributed by atoms with van der Waals surface area (Å²) >= 11 is 5.99. The predicted octanol–water partition coefficient (Wildman–Crippen LogP) is 4.18. The Bertz CT molecular complexity index is 916. The van der Waals surface area contributed by atoms with Gasteiger partial charge < -0.3 is 19.4 Å². The van der Waals surface area contributed by atoms with E-state index in [0.717, 1.165) is 29.9 Å². The van der Waals surface area contributed by atoms with Gasteiger partial charge in [0.2, 0.25) is 0 Å². The van der Waals surface area contributed by atoms with E-state index in [9.17, 15) is 4.79 Å². The van der Waals surface area contributed by atoms with E-state index in [1.807, 2.05) is 24.3 Å². The van der Waals surface area contributed by atoms with Crippen LogP contribution in [0.1, 0.15) is 10.6 Å². The maximum atomic E-state index is 12.6. The van der Waals surface area contributed by atoms with Crippen molar-refractivity contribution in [3.8, 4) is 0 Å². The summed E-state index contributed by atoms with van der Waals surface area (Å²) in [4.78, 5) is 14.8. The minimum Gasteiger partial charge on any atom is -0.451 e. The van der Waals surface area contributed by atoms with Crippen molar-refractivity contribution in [1.29, 1.82) is 0 Å². The summed E-state index contributed by atoms with van der Waals surface area (Å²) in [5.41, 5.74) is 2.38. The molecule has 1 aliphatic heterocycles. The molecular weight excluding hydrogens is 340 g/mol. The molecule has 2 aromatic carbocycles. The first-order chi connectivity index (χ1) is 12.2. The van der Waals surface area contributed by atoms with Crippen LogP contribution in [0.2, 0.25) is 5.02 Å². The van der Waals surface area contributed by atoms with Crippen molar-refractivity contribution in [3.63, 3.8) is 0 Å². The number of nitrogens with zero attached hydrogens (tertiary/aromatic N) is 1. The molecule has 1 saturated heterocycles. The number of morpholine rings is 1. The summed E-state index contributed by atoms with van der Waals surface area (Å²) < 4.78 is 11.0. The first-order valence-corrected chi connectivity index (χ1v) is 8.51. The molecule has 0 aliphatic carbocycles. The normalized spacial score (nSPS) is 14.7.